The van der Waals surface area contributed by atoms with Crippen molar-refractivity contribution in [3.8, 4) is 0 Å². The number of hydrogen-bond donors (Lipinski definition) is 1. The van der Waals surface area contributed by atoms with Crippen LogP contribution in [0.5, 0.6) is 0 Å². The van der Waals surface area contributed by atoms with E-state index >= 15 is 0 Å². The Morgan fingerprint density at radius 2 is 1.92 bits per heavy atom. The average molecular weight is 344 g/mol. The number of carbonyl (C=O) groups is 1. The molecule has 2 atom stereocenters. The summed E-state index contributed by atoms with van der Waals surface area (Å²) in [4.78, 5) is 15.8. The largest absolute Gasteiger partial charge is 0.373 e. The van der Waals surface area contributed by atoms with Crippen LogP contribution in [0, 0.1) is 0 Å². The molecule has 1 aromatic heterocycles. The summed E-state index contributed by atoms with van der Waals surface area (Å²) in [5.74, 6) is -0.0245. The molecule has 1 aromatic carbocycles. The van der Waals surface area contributed by atoms with Crippen LogP contribution in [0.25, 0.3) is 0 Å². The molecular weight excluding hydrogens is 320 g/mol. The van der Waals surface area contributed by atoms with E-state index in [0.717, 1.165) is 24.5 Å². The summed E-state index contributed by atoms with van der Waals surface area (Å²) in [7, 11) is 0. The monoisotopic (exact) mass is 344 g/mol. The molecule has 0 bridgehead atoms. The number of nitrogens with zero attached hydrogens (tertiary/aromatic N) is 1. The van der Waals surface area contributed by atoms with E-state index in [-0.39, 0.29) is 18.1 Å². The van der Waals surface area contributed by atoms with Gasteiger partial charge in [0, 0.05) is 30.1 Å². The molecule has 2 heterocycles. The van der Waals surface area contributed by atoms with Gasteiger partial charge in [-0.2, -0.15) is 0 Å². The molecule has 0 spiro atoms. The van der Waals surface area contributed by atoms with Crippen molar-refractivity contribution in [3.05, 3.63) is 57.8 Å². The predicted molar refractivity (Wildman–Crippen MR) is 97.2 cm³/mol. The summed E-state index contributed by atoms with van der Waals surface area (Å²) >= 11 is 1.65. The van der Waals surface area contributed by atoms with E-state index in [1.54, 1.807) is 11.3 Å². The van der Waals surface area contributed by atoms with Gasteiger partial charge in [-0.05, 0) is 43.0 Å². The van der Waals surface area contributed by atoms with Crippen molar-refractivity contribution in [2.24, 2.45) is 0 Å². The van der Waals surface area contributed by atoms with Gasteiger partial charge in [-0.25, -0.2) is 0 Å². The molecule has 24 heavy (non-hydrogen) atoms. The highest BCUT2D eigenvalue weighted by molar-refractivity contribution is 7.09. The van der Waals surface area contributed by atoms with Crippen LogP contribution in [-0.4, -0.2) is 36.1 Å². The minimum absolute atomic E-state index is 0.0245. The fourth-order valence-corrected chi connectivity index (χ4v) is 3.76. The number of thiophene rings is 1. The molecule has 1 fully saturated rings. The zero-order valence-corrected chi connectivity index (χ0v) is 15.0. The number of benzene rings is 1. The van der Waals surface area contributed by atoms with E-state index < -0.39 is 0 Å². The molecule has 1 saturated heterocycles. The van der Waals surface area contributed by atoms with Crippen LogP contribution in [0.2, 0.25) is 0 Å². The molecule has 0 unspecified atom stereocenters. The Morgan fingerprint density at radius 1 is 1.21 bits per heavy atom. The van der Waals surface area contributed by atoms with Crippen LogP contribution in [0.4, 0.5) is 0 Å². The molecule has 128 valence electrons. The smallest absolute Gasteiger partial charge is 0.251 e. The molecule has 1 N–H and O–H groups in total. The Kier molecular flexibility index (Phi) is 5.66. The standard InChI is InChI=1S/C19H24N2O2S/c1-14-11-21(12-15(2)23-14)13-16-5-7-17(8-6-16)19(22)20-10-18-4-3-9-24-18/h3-9,14-15H,10-13H2,1-2H3,(H,20,22)/t14-,15+. The van der Waals surface area contributed by atoms with Crippen molar-refractivity contribution in [2.75, 3.05) is 13.1 Å². The number of nitrogens with one attached hydrogen (secondary N) is 1. The lowest BCUT2D eigenvalue weighted by atomic mass is 10.1. The van der Waals surface area contributed by atoms with Gasteiger partial charge in [0.2, 0.25) is 0 Å². The lowest BCUT2D eigenvalue weighted by molar-refractivity contribution is -0.0704. The summed E-state index contributed by atoms with van der Waals surface area (Å²) in [6.07, 6.45) is 0.548. The quantitative estimate of drug-likeness (QED) is 0.905. The first kappa shape index (κ1) is 17.1. The third-order valence-corrected chi connectivity index (χ3v) is 5.00. The van der Waals surface area contributed by atoms with E-state index in [2.05, 4.69) is 24.1 Å². The number of ether oxygens (including phenoxy) is 1. The second-order valence-corrected chi connectivity index (χ2v) is 7.44. The van der Waals surface area contributed by atoms with Gasteiger partial charge in [-0.3, -0.25) is 9.69 Å². The normalized spacial score (nSPS) is 21.6. The van der Waals surface area contributed by atoms with Crippen LogP contribution in [0.3, 0.4) is 0 Å². The third-order valence-electron chi connectivity index (χ3n) is 4.12. The number of morpholine rings is 1. The highest BCUT2D eigenvalue weighted by Gasteiger charge is 2.22. The third kappa shape index (κ3) is 4.66. The predicted octanol–water partition coefficient (Wildman–Crippen LogP) is 3.29. The molecule has 1 aliphatic rings. The molecule has 0 radical (unpaired) electrons. The minimum atomic E-state index is -0.0245. The number of carbonyl (C=O) groups excluding carboxylic acids is 1. The van der Waals surface area contributed by atoms with Crippen LogP contribution >= 0.6 is 11.3 Å². The maximum atomic E-state index is 12.2. The Balaban J connectivity index is 1.53. The van der Waals surface area contributed by atoms with Crippen molar-refractivity contribution in [1.29, 1.82) is 0 Å². The van der Waals surface area contributed by atoms with Gasteiger partial charge in [0.05, 0.1) is 18.8 Å². The molecular formula is C19H24N2O2S. The summed E-state index contributed by atoms with van der Waals surface area (Å²) in [5, 5.41) is 4.98. The molecule has 1 aliphatic heterocycles. The zero-order valence-electron chi connectivity index (χ0n) is 14.2. The second kappa shape index (κ2) is 7.92. The molecule has 2 aromatic rings. The van der Waals surface area contributed by atoms with Gasteiger partial charge in [0.1, 0.15) is 0 Å². The van der Waals surface area contributed by atoms with E-state index in [9.17, 15) is 4.79 Å². The van der Waals surface area contributed by atoms with Gasteiger partial charge in [0.15, 0.2) is 0 Å². The average Bonchev–Trinajstić information content (AvgIpc) is 3.06. The maximum Gasteiger partial charge on any atom is 0.251 e. The van der Waals surface area contributed by atoms with Gasteiger partial charge < -0.3 is 10.1 Å². The van der Waals surface area contributed by atoms with Gasteiger partial charge in [-0.15, -0.1) is 11.3 Å². The maximum absolute atomic E-state index is 12.2. The summed E-state index contributed by atoms with van der Waals surface area (Å²) in [5.41, 5.74) is 1.94. The fourth-order valence-electron chi connectivity index (χ4n) is 3.12. The molecule has 1 amide bonds. The lowest BCUT2D eigenvalue weighted by Crippen LogP contribution is -2.44. The van der Waals surface area contributed by atoms with Gasteiger partial charge in [-0.1, -0.05) is 18.2 Å². The molecule has 0 saturated carbocycles. The Hall–Kier alpha value is -1.69. The van der Waals surface area contributed by atoms with Gasteiger partial charge in [0.25, 0.3) is 5.91 Å². The Morgan fingerprint density at radius 3 is 2.54 bits per heavy atom. The highest BCUT2D eigenvalue weighted by atomic mass is 32.1. The van der Waals surface area contributed by atoms with Crippen LogP contribution < -0.4 is 5.32 Å². The van der Waals surface area contributed by atoms with Crippen molar-refractivity contribution in [2.45, 2.75) is 39.1 Å². The van der Waals surface area contributed by atoms with Crippen LogP contribution in [0.1, 0.15) is 34.6 Å². The van der Waals surface area contributed by atoms with Crippen molar-refractivity contribution >= 4 is 17.2 Å². The zero-order chi connectivity index (χ0) is 16.9. The highest BCUT2D eigenvalue weighted by Crippen LogP contribution is 2.15. The van der Waals surface area contributed by atoms with Gasteiger partial charge >= 0.3 is 0 Å². The van der Waals surface area contributed by atoms with E-state index in [1.165, 1.54) is 5.56 Å². The van der Waals surface area contributed by atoms with Crippen LogP contribution in [0.15, 0.2) is 41.8 Å². The Labute approximate surface area is 147 Å². The van der Waals surface area contributed by atoms with Crippen molar-refractivity contribution in [1.82, 2.24) is 10.2 Å². The molecule has 5 heteroatoms. The second-order valence-electron chi connectivity index (χ2n) is 6.41. The first-order valence-corrected chi connectivity index (χ1v) is 9.25. The van der Waals surface area contributed by atoms with Crippen molar-refractivity contribution in [3.63, 3.8) is 0 Å². The summed E-state index contributed by atoms with van der Waals surface area (Å²) in [6, 6.07) is 11.9. The number of rotatable bonds is 5. The molecule has 4 nitrogen and oxygen atoms in total. The summed E-state index contributed by atoms with van der Waals surface area (Å²) < 4.78 is 5.77. The fraction of sp³-hybridized carbons (Fsp3) is 0.421. The SMILES string of the molecule is C[C@@H]1CN(Cc2ccc(C(=O)NCc3cccs3)cc2)C[C@H](C)O1. The lowest BCUT2D eigenvalue weighted by Gasteiger charge is -2.35. The van der Waals surface area contributed by atoms with E-state index in [1.807, 2.05) is 41.8 Å². The van der Waals surface area contributed by atoms with E-state index in [0.29, 0.717) is 12.1 Å². The number of hydrogen-bond acceptors (Lipinski definition) is 4. The molecule has 3 rings (SSSR count). The first-order chi connectivity index (χ1) is 11.6. The first-order valence-electron chi connectivity index (χ1n) is 8.37. The topological polar surface area (TPSA) is 41.6 Å². The van der Waals surface area contributed by atoms with E-state index in [4.69, 9.17) is 4.74 Å². The summed E-state index contributed by atoms with van der Waals surface area (Å²) in [6.45, 7) is 7.62. The minimum Gasteiger partial charge on any atom is -0.373 e. The van der Waals surface area contributed by atoms with Crippen molar-refractivity contribution < 1.29 is 9.53 Å². The molecule has 0 aliphatic carbocycles. The number of amides is 1. The Bertz CT molecular complexity index is 645. The van der Waals surface area contributed by atoms with Crippen LogP contribution in [-0.2, 0) is 17.8 Å².